The number of guanidine groups is 1. The van der Waals surface area contributed by atoms with Gasteiger partial charge >= 0.3 is 0 Å². The summed E-state index contributed by atoms with van der Waals surface area (Å²) in [5.41, 5.74) is 1.09. The molecule has 0 spiro atoms. The van der Waals surface area contributed by atoms with Gasteiger partial charge < -0.3 is 15.4 Å². The van der Waals surface area contributed by atoms with E-state index in [2.05, 4.69) is 15.6 Å². The number of aliphatic imine (C=N–C) groups is 1. The number of ether oxygens (including phenoxy) is 1. The van der Waals surface area contributed by atoms with E-state index in [0.29, 0.717) is 11.0 Å². The van der Waals surface area contributed by atoms with Gasteiger partial charge in [0, 0.05) is 33.0 Å². The molecule has 2 N–H and O–H groups in total. The molecule has 0 aromatic heterocycles. The molecule has 1 fully saturated rings. The van der Waals surface area contributed by atoms with Crippen molar-refractivity contribution in [3.05, 3.63) is 29.8 Å². The van der Waals surface area contributed by atoms with Gasteiger partial charge in [-0.25, -0.2) is 8.42 Å². The molecule has 0 amide bonds. The Bertz CT molecular complexity index is 681. The van der Waals surface area contributed by atoms with E-state index in [1.165, 1.54) is 38.4 Å². The van der Waals surface area contributed by atoms with Crippen LogP contribution in [0.4, 0.5) is 0 Å². The van der Waals surface area contributed by atoms with Crippen molar-refractivity contribution in [2.75, 3.05) is 33.0 Å². The molecule has 152 valence electrons. The fourth-order valence-electron chi connectivity index (χ4n) is 3.21. The first-order valence-electron chi connectivity index (χ1n) is 9.84. The van der Waals surface area contributed by atoms with Gasteiger partial charge in [-0.15, -0.1) is 0 Å². The summed E-state index contributed by atoms with van der Waals surface area (Å²) in [6, 6.07) is 7.03. The van der Waals surface area contributed by atoms with Crippen LogP contribution >= 0.6 is 0 Å². The fraction of sp³-hybridized carbons (Fsp3) is 0.650. The first-order chi connectivity index (χ1) is 13.0. The SMILES string of the molecule is CN=C(NCCCOC1CCCCC1)NCCc1ccc(S(C)(=O)=O)cc1. The Morgan fingerprint density at radius 3 is 2.41 bits per heavy atom. The highest BCUT2D eigenvalue weighted by Crippen LogP contribution is 2.20. The molecule has 2 rings (SSSR count). The first-order valence-corrected chi connectivity index (χ1v) is 11.7. The Morgan fingerprint density at radius 2 is 1.78 bits per heavy atom. The topological polar surface area (TPSA) is 79.8 Å². The van der Waals surface area contributed by atoms with Gasteiger partial charge in [0.25, 0.3) is 0 Å². The highest BCUT2D eigenvalue weighted by molar-refractivity contribution is 7.90. The monoisotopic (exact) mass is 395 g/mol. The van der Waals surface area contributed by atoms with E-state index in [9.17, 15) is 8.42 Å². The van der Waals surface area contributed by atoms with Crippen LogP contribution in [0.5, 0.6) is 0 Å². The molecule has 27 heavy (non-hydrogen) atoms. The van der Waals surface area contributed by atoms with Crippen LogP contribution in [0.2, 0.25) is 0 Å². The van der Waals surface area contributed by atoms with E-state index >= 15 is 0 Å². The second-order valence-electron chi connectivity index (χ2n) is 7.08. The van der Waals surface area contributed by atoms with Crippen molar-refractivity contribution in [3.63, 3.8) is 0 Å². The largest absolute Gasteiger partial charge is 0.378 e. The highest BCUT2D eigenvalue weighted by atomic mass is 32.2. The minimum absolute atomic E-state index is 0.354. The van der Waals surface area contributed by atoms with E-state index in [1.807, 2.05) is 12.1 Å². The van der Waals surface area contributed by atoms with Crippen molar-refractivity contribution in [1.29, 1.82) is 0 Å². The fourth-order valence-corrected chi connectivity index (χ4v) is 3.84. The predicted octanol–water partition coefficient (Wildman–Crippen LogP) is 2.54. The number of benzene rings is 1. The summed E-state index contributed by atoms with van der Waals surface area (Å²) < 4.78 is 28.9. The molecular weight excluding hydrogens is 362 g/mol. The first kappa shape index (κ1) is 21.7. The number of sulfone groups is 1. The van der Waals surface area contributed by atoms with Gasteiger partial charge in [-0.2, -0.15) is 0 Å². The van der Waals surface area contributed by atoms with Gasteiger partial charge in [0.1, 0.15) is 0 Å². The van der Waals surface area contributed by atoms with Crippen LogP contribution in [0.15, 0.2) is 34.2 Å². The quantitative estimate of drug-likeness (QED) is 0.382. The molecule has 0 saturated heterocycles. The third kappa shape index (κ3) is 8.30. The Labute approximate surface area is 163 Å². The van der Waals surface area contributed by atoms with Crippen molar-refractivity contribution in [1.82, 2.24) is 10.6 Å². The third-order valence-electron chi connectivity index (χ3n) is 4.80. The number of nitrogens with zero attached hydrogens (tertiary/aromatic N) is 1. The third-order valence-corrected chi connectivity index (χ3v) is 5.93. The summed E-state index contributed by atoms with van der Waals surface area (Å²) in [6.07, 6.45) is 9.83. The average molecular weight is 396 g/mol. The lowest BCUT2D eigenvalue weighted by Crippen LogP contribution is -2.39. The lowest BCUT2D eigenvalue weighted by atomic mass is 9.98. The van der Waals surface area contributed by atoms with E-state index in [-0.39, 0.29) is 0 Å². The van der Waals surface area contributed by atoms with Crippen LogP contribution in [0.1, 0.15) is 44.1 Å². The van der Waals surface area contributed by atoms with Crippen molar-refractivity contribution < 1.29 is 13.2 Å². The molecular formula is C20H33N3O3S. The van der Waals surface area contributed by atoms with Crippen molar-refractivity contribution in [3.8, 4) is 0 Å². The number of nitrogens with one attached hydrogen (secondary N) is 2. The lowest BCUT2D eigenvalue weighted by Gasteiger charge is -2.22. The average Bonchev–Trinajstić information content (AvgIpc) is 2.67. The molecule has 0 aliphatic heterocycles. The molecule has 1 aromatic rings. The number of rotatable bonds is 9. The van der Waals surface area contributed by atoms with Crippen LogP contribution < -0.4 is 10.6 Å². The predicted molar refractivity (Wildman–Crippen MR) is 110 cm³/mol. The van der Waals surface area contributed by atoms with Gasteiger partial charge in [-0.3, -0.25) is 4.99 Å². The van der Waals surface area contributed by atoms with Gasteiger partial charge in [0.2, 0.25) is 0 Å². The zero-order chi connectivity index (χ0) is 19.5. The van der Waals surface area contributed by atoms with Gasteiger partial charge in [0.05, 0.1) is 11.0 Å². The molecule has 0 bridgehead atoms. The molecule has 0 radical (unpaired) electrons. The highest BCUT2D eigenvalue weighted by Gasteiger charge is 2.13. The summed E-state index contributed by atoms with van der Waals surface area (Å²) in [6.45, 7) is 2.35. The Balaban J connectivity index is 1.59. The molecule has 0 unspecified atom stereocenters. The van der Waals surface area contributed by atoms with Crippen LogP contribution in [-0.4, -0.2) is 53.5 Å². The maximum absolute atomic E-state index is 11.5. The van der Waals surface area contributed by atoms with Gasteiger partial charge in [-0.1, -0.05) is 31.4 Å². The molecule has 1 saturated carbocycles. The van der Waals surface area contributed by atoms with E-state index in [0.717, 1.165) is 44.1 Å². The molecule has 6 nitrogen and oxygen atoms in total. The summed E-state index contributed by atoms with van der Waals surface area (Å²) >= 11 is 0. The van der Waals surface area contributed by atoms with E-state index in [1.54, 1.807) is 19.2 Å². The van der Waals surface area contributed by atoms with Crippen molar-refractivity contribution in [2.45, 2.75) is 55.9 Å². The Morgan fingerprint density at radius 1 is 1.11 bits per heavy atom. The molecule has 0 atom stereocenters. The molecule has 1 aliphatic rings. The molecule has 0 heterocycles. The Kier molecular flexibility index (Phi) is 9.07. The smallest absolute Gasteiger partial charge is 0.190 e. The minimum Gasteiger partial charge on any atom is -0.378 e. The van der Waals surface area contributed by atoms with Crippen LogP contribution in [0.3, 0.4) is 0 Å². The number of hydrogen-bond donors (Lipinski definition) is 2. The summed E-state index contributed by atoms with van der Waals surface area (Å²) in [5.74, 6) is 0.778. The zero-order valence-corrected chi connectivity index (χ0v) is 17.4. The number of hydrogen-bond acceptors (Lipinski definition) is 4. The van der Waals surface area contributed by atoms with Crippen LogP contribution in [0, 0.1) is 0 Å². The summed E-state index contributed by atoms with van der Waals surface area (Å²) in [4.78, 5) is 4.58. The standard InChI is InChI=1S/C20H33N3O3S/c1-21-20(22-14-6-16-26-18-7-4-3-5-8-18)23-15-13-17-9-11-19(12-10-17)27(2,24)25/h9-12,18H,3-8,13-16H2,1-2H3,(H2,21,22,23). The van der Waals surface area contributed by atoms with Crippen molar-refractivity contribution in [2.24, 2.45) is 4.99 Å². The molecule has 7 heteroatoms. The van der Waals surface area contributed by atoms with Gasteiger partial charge in [-0.05, 0) is 43.4 Å². The van der Waals surface area contributed by atoms with E-state index < -0.39 is 9.84 Å². The second kappa shape index (κ2) is 11.3. The normalized spacial score (nSPS) is 16.3. The summed E-state index contributed by atoms with van der Waals surface area (Å²) in [7, 11) is -1.38. The van der Waals surface area contributed by atoms with Crippen molar-refractivity contribution >= 4 is 15.8 Å². The zero-order valence-electron chi connectivity index (χ0n) is 16.5. The van der Waals surface area contributed by atoms with Gasteiger partial charge in [0.15, 0.2) is 15.8 Å². The minimum atomic E-state index is -3.13. The second-order valence-corrected chi connectivity index (χ2v) is 9.09. The van der Waals surface area contributed by atoms with Crippen LogP contribution in [-0.2, 0) is 21.0 Å². The maximum Gasteiger partial charge on any atom is 0.190 e. The Hall–Kier alpha value is -1.60. The summed E-state index contributed by atoms with van der Waals surface area (Å²) in [5, 5.41) is 6.58. The maximum atomic E-state index is 11.5. The molecule has 1 aliphatic carbocycles. The molecule has 1 aromatic carbocycles. The lowest BCUT2D eigenvalue weighted by molar-refractivity contribution is 0.0277. The van der Waals surface area contributed by atoms with E-state index in [4.69, 9.17) is 4.74 Å². The van der Waals surface area contributed by atoms with Crippen LogP contribution in [0.25, 0.3) is 0 Å².